The highest BCUT2D eigenvalue weighted by Gasteiger charge is 2.16. The molecule has 2 amide bonds. The van der Waals surface area contributed by atoms with E-state index in [4.69, 9.17) is 14.7 Å². The molecule has 9 nitrogen and oxygen atoms in total. The minimum Gasteiger partial charge on any atom is -0.444 e. The first-order valence-electron chi connectivity index (χ1n) is 9.86. The number of hydrogen-bond donors (Lipinski definition) is 3. The summed E-state index contributed by atoms with van der Waals surface area (Å²) in [5.41, 5.74) is 0.934. The number of ether oxygens (including phenoxy) is 2. The van der Waals surface area contributed by atoms with Gasteiger partial charge in [-0.1, -0.05) is 0 Å². The van der Waals surface area contributed by atoms with E-state index in [1.807, 2.05) is 53.7 Å². The number of hydrogen-bond acceptors (Lipinski definition) is 6. The number of rotatable bonds is 4. The van der Waals surface area contributed by atoms with Crippen molar-refractivity contribution in [1.29, 1.82) is 0 Å². The van der Waals surface area contributed by atoms with Gasteiger partial charge in [-0.3, -0.25) is 10.2 Å². The molecule has 0 fully saturated rings. The van der Waals surface area contributed by atoms with Crippen molar-refractivity contribution in [2.45, 2.75) is 65.8 Å². The molecule has 0 radical (unpaired) electrons. The number of alkyl carbamates (subject to hydrolysis) is 2. The fourth-order valence-electron chi connectivity index (χ4n) is 2.04. The normalized spacial score (nSPS) is 10.9. The van der Waals surface area contributed by atoms with Crippen molar-refractivity contribution >= 4 is 12.2 Å². The van der Waals surface area contributed by atoms with E-state index in [9.17, 15) is 9.59 Å². The van der Waals surface area contributed by atoms with Crippen LogP contribution < -0.4 is 15.4 Å². The van der Waals surface area contributed by atoms with E-state index >= 15 is 0 Å². The standard InChI is InChI=1S/C11H16N2O3.C11H16N2O2/c1-11(2,3)16-10(14)12-8-9-4-6-13(15)7-5-9;1-11(2,3)15-10(14)13-8-9-4-6-12-7-5-9/h4-7H,8H2,1-3H3,(H-,12,14,15);4-7H,8H2,1-3H3,(H,13,14)/p+1. The topological polar surface area (TPSA) is 114 Å². The number of aromatic nitrogens is 2. The summed E-state index contributed by atoms with van der Waals surface area (Å²) in [6, 6.07) is 7.10. The molecule has 0 saturated heterocycles. The van der Waals surface area contributed by atoms with Crippen molar-refractivity contribution < 1.29 is 29.0 Å². The van der Waals surface area contributed by atoms with Crippen LogP contribution in [0.15, 0.2) is 49.1 Å². The lowest BCUT2D eigenvalue weighted by atomic mass is 10.2. The van der Waals surface area contributed by atoms with Crippen LogP contribution in [-0.2, 0) is 22.6 Å². The van der Waals surface area contributed by atoms with Gasteiger partial charge in [0.15, 0.2) is 0 Å². The Bertz CT molecular complexity index is 813. The molecular weight excluding hydrogens is 400 g/mol. The number of pyridine rings is 2. The molecule has 3 N–H and O–H groups in total. The van der Waals surface area contributed by atoms with Gasteiger partial charge in [0.1, 0.15) is 11.2 Å². The van der Waals surface area contributed by atoms with Crippen LogP contribution in [0.2, 0.25) is 0 Å². The maximum atomic E-state index is 11.3. The van der Waals surface area contributed by atoms with Gasteiger partial charge >= 0.3 is 12.2 Å². The number of carbonyl (C=O) groups is 2. The predicted octanol–water partition coefficient (Wildman–Crippen LogP) is 3.34. The van der Waals surface area contributed by atoms with Gasteiger partial charge in [0.05, 0.1) is 0 Å². The van der Waals surface area contributed by atoms with E-state index in [0.717, 1.165) is 15.9 Å². The second-order valence-electron chi connectivity index (χ2n) is 8.65. The van der Waals surface area contributed by atoms with E-state index < -0.39 is 23.4 Å². The zero-order chi connectivity index (χ0) is 23.5. The maximum absolute atomic E-state index is 11.3. The predicted molar refractivity (Wildman–Crippen MR) is 114 cm³/mol. The molecule has 2 aromatic rings. The van der Waals surface area contributed by atoms with Crippen molar-refractivity contribution in [3.8, 4) is 0 Å². The third-order valence-corrected chi connectivity index (χ3v) is 3.30. The highest BCUT2D eigenvalue weighted by atomic mass is 16.6. The Morgan fingerprint density at radius 2 is 1.23 bits per heavy atom. The Hall–Kier alpha value is -3.36. The second-order valence-corrected chi connectivity index (χ2v) is 8.65. The Morgan fingerprint density at radius 1 is 0.839 bits per heavy atom. The molecule has 9 heteroatoms. The summed E-state index contributed by atoms with van der Waals surface area (Å²) < 4.78 is 11.1. The first-order valence-corrected chi connectivity index (χ1v) is 9.86. The third kappa shape index (κ3) is 13.5. The molecule has 0 bridgehead atoms. The number of nitrogens with zero attached hydrogens (tertiary/aromatic N) is 2. The molecule has 0 aromatic carbocycles. The molecule has 0 spiro atoms. The molecule has 0 saturated carbocycles. The summed E-state index contributed by atoms with van der Waals surface area (Å²) in [6.07, 6.45) is 5.50. The summed E-state index contributed by atoms with van der Waals surface area (Å²) >= 11 is 0. The van der Waals surface area contributed by atoms with E-state index in [1.165, 1.54) is 12.4 Å². The highest BCUT2D eigenvalue weighted by molar-refractivity contribution is 5.68. The minimum absolute atomic E-state index is 0.371. The lowest BCUT2D eigenvalue weighted by molar-refractivity contribution is -0.904. The number of carbonyl (C=O) groups excluding carboxylic acids is 2. The van der Waals surface area contributed by atoms with Crippen molar-refractivity contribution in [1.82, 2.24) is 15.6 Å². The molecule has 2 aromatic heterocycles. The highest BCUT2D eigenvalue weighted by Crippen LogP contribution is 2.07. The van der Waals surface area contributed by atoms with Gasteiger partial charge in [-0.25, -0.2) is 9.59 Å². The zero-order valence-electron chi connectivity index (χ0n) is 19.0. The van der Waals surface area contributed by atoms with E-state index in [0.29, 0.717) is 13.1 Å². The molecule has 2 rings (SSSR count). The smallest absolute Gasteiger partial charge is 0.407 e. The van der Waals surface area contributed by atoms with Gasteiger partial charge < -0.3 is 20.1 Å². The lowest BCUT2D eigenvalue weighted by Gasteiger charge is -2.19. The van der Waals surface area contributed by atoms with Gasteiger partial charge in [0.2, 0.25) is 12.4 Å². The van der Waals surface area contributed by atoms with Crippen molar-refractivity contribution in [3.05, 3.63) is 60.2 Å². The summed E-state index contributed by atoms with van der Waals surface area (Å²) in [5.74, 6) is 0. The molecule has 0 atom stereocenters. The van der Waals surface area contributed by atoms with Gasteiger partial charge in [-0.2, -0.15) is 0 Å². The van der Waals surface area contributed by atoms with E-state index in [2.05, 4.69) is 15.6 Å². The first kappa shape index (κ1) is 25.7. The Morgan fingerprint density at radius 3 is 1.61 bits per heavy atom. The summed E-state index contributed by atoms with van der Waals surface area (Å²) in [4.78, 5) is 26.5. The fraction of sp³-hybridized carbons (Fsp3) is 0.455. The van der Waals surface area contributed by atoms with Crippen LogP contribution in [0.4, 0.5) is 9.59 Å². The summed E-state index contributed by atoms with van der Waals surface area (Å²) in [6.45, 7) is 11.8. The monoisotopic (exact) mass is 433 g/mol. The Labute approximate surface area is 183 Å². The van der Waals surface area contributed by atoms with Gasteiger partial charge in [0.25, 0.3) is 0 Å². The Balaban J connectivity index is 0.000000311. The largest absolute Gasteiger partial charge is 0.444 e. The molecule has 170 valence electrons. The molecule has 0 aliphatic heterocycles. The number of amides is 2. The summed E-state index contributed by atoms with van der Waals surface area (Å²) in [7, 11) is 0. The van der Waals surface area contributed by atoms with Crippen LogP contribution in [0.25, 0.3) is 0 Å². The minimum atomic E-state index is -0.491. The van der Waals surface area contributed by atoms with Crippen LogP contribution in [0, 0.1) is 0 Å². The van der Waals surface area contributed by atoms with Crippen molar-refractivity contribution in [2.75, 3.05) is 0 Å². The zero-order valence-corrected chi connectivity index (χ0v) is 19.0. The molecule has 2 heterocycles. The van der Waals surface area contributed by atoms with Crippen LogP contribution >= 0.6 is 0 Å². The average Bonchev–Trinajstić information content (AvgIpc) is 2.65. The SMILES string of the molecule is CC(C)(C)OC(=O)NCc1cc[n+](O)cc1.CC(C)(C)OC(=O)NCc1ccncc1. The lowest BCUT2D eigenvalue weighted by Crippen LogP contribution is -2.32. The molecular formula is C22H33N4O5+. The average molecular weight is 434 g/mol. The number of nitrogens with one attached hydrogen (secondary N) is 2. The summed E-state index contributed by atoms with van der Waals surface area (Å²) in [5, 5.41) is 14.3. The molecule has 0 unspecified atom stereocenters. The first-order chi connectivity index (χ1) is 14.3. The van der Waals surface area contributed by atoms with Gasteiger partial charge in [-0.05, 0) is 64.8 Å². The van der Waals surface area contributed by atoms with Crippen LogP contribution in [0.3, 0.4) is 0 Å². The Kier molecular flexibility index (Phi) is 9.72. The molecule has 31 heavy (non-hydrogen) atoms. The fourth-order valence-corrected chi connectivity index (χ4v) is 2.04. The van der Waals surface area contributed by atoms with Crippen molar-refractivity contribution in [3.63, 3.8) is 0 Å². The van der Waals surface area contributed by atoms with Crippen LogP contribution in [0.5, 0.6) is 0 Å². The van der Waals surface area contributed by atoms with E-state index in [-0.39, 0.29) is 0 Å². The van der Waals surface area contributed by atoms with Crippen molar-refractivity contribution in [2.24, 2.45) is 0 Å². The molecule has 0 aliphatic carbocycles. The third-order valence-electron chi connectivity index (χ3n) is 3.30. The van der Waals surface area contributed by atoms with Gasteiger partial charge in [-0.15, -0.1) is 0 Å². The maximum Gasteiger partial charge on any atom is 0.407 e. The second kappa shape index (κ2) is 11.7. The van der Waals surface area contributed by atoms with Crippen LogP contribution in [-0.4, -0.2) is 33.6 Å². The van der Waals surface area contributed by atoms with Gasteiger partial charge in [0, 0.05) is 42.3 Å². The molecule has 0 aliphatic rings. The van der Waals surface area contributed by atoms with Crippen LogP contribution in [0.1, 0.15) is 52.7 Å². The quantitative estimate of drug-likeness (QED) is 0.503. The van der Waals surface area contributed by atoms with E-state index in [1.54, 1.807) is 24.5 Å².